The minimum absolute atomic E-state index is 0.108. The molecule has 0 saturated carbocycles. The number of nitrogens with zero attached hydrogens (tertiary/aromatic N) is 2. The molecule has 8 nitrogen and oxygen atoms in total. The zero-order valence-corrected chi connectivity index (χ0v) is 19.3. The number of hydrogen-bond donors (Lipinski definition) is 2. The lowest BCUT2D eigenvalue weighted by Gasteiger charge is -2.13. The predicted octanol–water partition coefficient (Wildman–Crippen LogP) is 4.42. The standard InChI is InChI=1S/C25H20ClFN4O4/c1-2-34-23-11-17(5-10-22(23)35-15-18-6-7-19(27)12-21(18)26)14-29-31-25(33)24(32)30-20-8-3-16(13-28)4-9-20/h3-12,14H,2,15H2,1H3,(H,30,32)(H,31,33). The fraction of sp³-hybridized carbons (Fsp3) is 0.120. The van der Waals surface area contributed by atoms with Gasteiger partial charge in [-0.05, 0) is 67.1 Å². The first kappa shape index (κ1) is 25.2. The number of carbonyl (C=O) groups excluding carboxylic acids is 2. The highest BCUT2D eigenvalue weighted by molar-refractivity contribution is 6.39. The number of halogens is 2. The number of nitriles is 1. The quantitative estimate of drug-likeness (QED) is 0.273. The molecule has 0 unspecified atom stereocenters. The molecule has 2 N–H and O–H groups in total. The summed E-state index contributed by atoms with van der Waals surface area (Å²) >= 11 is 6.04. The molecule has 0 atom stereocenters. The van der Waals surface area contributed by atoms with E-state index in [-0.39, 0.29) is 11.6 Å². The first-order valence-corrected chi connectivity index (χ1v) is 10.8. The molecule has 0 heterocycles. The van der Waals surface area contributed by atoms with Crippen LogP contribution in [0.5, 0.6) is 11.5 Å². The van der Waals surface area contributed by atoms with Gasteiger partial charge in [0.25, 0.3) is 0 Å². The maximum Gasteiger partial charge on any atom is 0.329 e. The van der Waals surface area contributed by atoms with Crippen LogP contribution in [0.4, 0.5) is 10.1 Å². The van der Waals surface area contributed by atoms with Gasteiger partial charge in [-0.3, -0.25) is 9.59 Å². The number of anilines is 1. The van der Waals surface area contributed by atoms with Gasteiger partial charge in [0.1, 0.15) is 12.4 Å². The third-order valence-electron chi connectivity index (χ3n) is 4.52. The molecule has 0 saturated heterocycles. The Balaban J connectivity index is 1.60. The van der Waals surface area contributed by atoms with Gasteiger partial charge < -0.3 is 14.8 Å². The first-order chi connectivity index (χ1) is 16.9. The van der Waals surface area contributed by atoms with Gasteiger partial charge in [0.05, 0.1) is 29.5 Å². The molecule has 0 radical (unpaired) electrons. The lowest BCUT2D eigenvalue weighted by atomic mass is 10.2. The van der Waals surface area contributed by atoms with Crippen molar-refractivity contribution in [3.63, 3.8) is 0 Å². The van der Waals surface area contributed by atoms with E-state index in [1.54, 1.807) is 24.3 Å². The monoisotopic (exact) mass is 494 g/mol. The van der Waals surface area contributed by atoms with Crippen molar-refractivity contribution in [2.75, 3.05) is 11.9 Å². The van der Waals surface area contributed by atoms with Gasteiger partial charge in [0.2, 0.25) is 0 Å². The Kier molecular flexibility index (Phi) is 8.76. The molecule has 0 spiro atoms. The van der Waals surface area contributed by atoms with E-state index in [1.807, 2.05) is 13.0 Å². The number of amides is 2. The first-order valence-electron chi connectivity index (χ1n) is 10.4. The summed E-state index contributed by atoms with van der Waals surface area (Å²) in [6.07, 6.45) is 1.34. The number of benzene rings is 3. The molecule has 0 aliphatic heterocycles. The van der Waals surface area contributed by atoms with Crippen LogP contribution in [0.3, 0.4) is 0 Å². The van der Waals surface area contributed by atoms with Crippen LogP contribution >= 0.6 is 11.6 Å². The molecule has 10 heteroatoms. The molecule has 0 aromatic heterocycles. The van der Waals surface area contributed by atoms with Gasteiger partial charge >= 0.3 is 11.8 Å². The predicted molar refractivity (Wildman–Crippen MR) is 129 cm³/mol. The number of hydrogen-bond acceptors (Lipinski definition) is 6. The Morgan fingerprint density at radius 3 is 2.51 bits per heavy atom. The number of nitrogens with one attached hydrogen (secondary N) is 2. The second kappa shape index (κ2) is 12.2. The maximum atomic E-state index is 13.2. The van der Waals surface area contributed by atoms with Crippen LogP contribution in [0.25, 0.3) is 0 Å². The summed E-state index contributed by atoms with van der Waals surface area (Å²) in [4.78, 5) is 24.0. The Bertz CT molecular complexity index is 1290. The summed E-state index contributed by atoms with van der Waals surface area (Å²) in [5, 5.41) is 15.3. The Hall–Kier alpha value is -4.42. The van der Waals surface area contributed by atoms with Crippen molar-refractivity contribution < 1.29 is 23.5 Å². The fourth-order valence-electron chi connectivity index (χ4n) is 2.82. The Morgan fingerprint density at radius 2 is 1.83 bits per heavy atom. The van der Waals surface area contributed by atoms with Crippen molar-refractivity contribution in [3.05, 3.63) is 88.2 Å². The minimum atomic E-state index is -0.966. The zero-order valence-electron chi connectivity index (χ0n) is 18.5. The van der Waals surface area contributed by atoms with Gasteiger partial charge in [-0.1, -0.05) is 17.7 Å². The van der Waals surface area contributed by atoms with Gasteiger partial charge in [0, 0.05) is 11.3 Å². The molecular weight excluding hydrogens is 475 g/mol. The summed E-state index contributed by atoms with van der Waals surface area (Å²) in [5.41, 5.74) is 4.13. The fourth-order valence-corrected chi connectivity index (χ4v) is 3.04. The smallest absolute Gasteiger partial charge is 0.329 e. The van der Waals surface area contributed by atoms with Gasteiger partial charge in [-0.15, -0.1) is 0 Å². The summed E-state index contributed by atoms with van der Waals surface area (Å²) in [6.45, 7) is 2.30. The van der Waals surface area contributed by atoms with E-state index in [2.05, 4.69) is 15.8 Å². The Morgan fingerprint density at radius 1 is 1.06 bits per heavy atom. The van der Waals surface area contributed by atoms with E-state index in [1.165, 1.54) is 42.6 Å². The molecule has 178 valence electrons. The van der Waals surface area contributed by atoms with Crippen molar-refractivity contribution in [3.8, 4) is 17.6 Å². The van der Waals surface area contributed by atoms with Crippen LogP contribution in [-0.4, -0.2) is 24.6 Å². The van der Waals surface area contributed by atoms with Crippen molar-refractivity contribution in [1.82, 2.24) is 5.43 Å². The highest BCUT2D eigenvalue weighted by Gasteiger charge is 2.13. The molecular formula is C25H20ClFN4O4. The van der Waals surface area contributed by atoms with Crippen LogP contribution in [0.15, 0.2) is 65.8 Å². The topological polar surface area (TPSA) is 113 Å². The maximum absolute atomic E-state index is 13.2. The lowest BCUT2D eigenvalue weighted by molar-refractivity contribution is -0.136. The molecule has 0 aliphatic carbocycles. The third kappa shape index (κ3) is 7.28. The number of hydrazone groups is 1. The average Bonchev–Trinajstić information content (AvgIpc) is 2.85. The van der Waals surface area contributed by atoms with Crippen LogP contribution in [0, 0.1) is 17.1 Å². The van der Waals surface area contributed by atoms with Gasteiger partial charge in [0.15, 0.2) is 11.5 Å². The minimum Gasteiger partial charge on any atom is -0.490 e. The second-order valence-corrected chi connectivity index (χ2v) is 7.41. The summed E-state index contributed by atoms with van der Waals surface area (Å²) < 4.78 is 24.6. The normalized spacial score (nSPS) is 10.5. The van der Waals surface area contributed by atoms with Crippen molar-refractivity contribution in [2.45, 2.75) is 13.5 Å². The van der Waals surface area contributed by atoms with Crippen LogP contribution < -0.4 is 20.2 Å². The molecule has 35 heavy (non-hydrogen) atoms. The van der Waals surface area contributed by atoms with E-state index in [4.69, 9.17) is 26.3 Å². The molecule has 0 aliphatic rings. The zero-order chi connectivity index (χ0) is 25.2. The molecule has 2 amide bonds. The molecule has 3 aromatic carbocycles. The molecule has 3 aromatic rings. The number of carbonyl (C=O) groups is 2. The van der Waals surface area contributed by atoms with E-state index in [0.717, 1.165) is 0 Å². The van der Waals surface area contributed by atoms with Crippen molar-refractivity contribution >= 4 is 35.3 Å². The molecule has 0 fully saturated rings. The van der Waals surface area contributed by atoms with E-state index >= 15 is 0 Å². The van der Waals surface area contributed by atoms with E-state index in [0.29, 0.717) is 40.5 Å². The van der Waals surface area contributed by atoms with Crippen molar-refractivity contribution in [1.29, 1.82) is 5.26 Å². The molecule has 0 bridgehead atoms. The largest absolute Gasteiger partial charge is 0.490 e. The van der Waals surface area contributed by atoms with Crippen LogP contribution in [-0.2, 0) is 16.2 Å². The highest BCUT2D eigenvalue weighted by Crippen LogP contribution is 2.29. The van der Waals surface area contributed by atoms with E-state index < -0.39 is 17.6 Å². The lowest BCUT2D eigenvalue weighted by Crippen LogP contribution is -2.32. The van der Waals surface area contributed by atoms with Crippen molar-refractivity contribution in [2.24, 2.45) is 5.10 Å². The summed E-state index contributed by atoms with van der Waals surface area (Å²) in [7, 11) is 0. The summed E-state index contributed by atoms with van der Waals surface area (Å²) in [5.74, 6) is -1.44. The van der Waals surface area contributed by atoms with Gasteiger partial charge in [-0.2, -0.15) is 10.4 Å². The highest BCUT2D eigenvalue weighted by atomic mass is 35.5. The average molecular weight is 495 g/mol. The number of ether oxygens (including phenoxy) is 2. The SMILES string of the molecule is CCOc1cc(C=NNC(=O)C(=O)Nc2ccc(C#N)cc2)ccc1OCc1ccc(F)cc1Cl. The third-order valence-corrected chi connectivity index (χ3v) is 4.88. The van der Waals surface area contributed by atoms with Crippen LogP contribution in [0.2, 0.25) is 5.02 Å². The molecule has 3 rings (SSSR count). The summed E-state index contributed by atoms with van der Waals surface area (Å²) in [6, 6.07) is 17.0. The Labute approximate surface area is 205 Å². The van der Waals surface area contributed by atoms with Gasteiger partial charge in [-0.25, -0.2) is 9.82 Å². The van der Waals surface area contributed by atoms with Crippen LogP contribution in [0.1, 0.15) is 23.6 Å². The number of rotatable bonds is 8. The van der Waals surface area contributed by atoms with E-state index in [9.17, 15) is 14.0 Å². The second-order valence-electron chi connectivity index (χ2n) is 7.01.